The molecule has 0 radical (unpaired) electrons. The van der Waals surface area contributed by atoms with Gasteiger partial charge in [0.2, 0.25) is 0 Å². The lowest BCUT2D eigenvalue weighted by Gasteiger charge is -2.18. The van der Waals surface area contributed by atoms with Crippen LogP contribution in [-0.2, 0) is 0 Å². The number of hydrogen-bond donors (Lipinski definition) is 0. The van der Waals surface area contributed by atoms with Crippen LogP contribution in [0.2, 0.25) is 0 Å². The van der Waals surface area contributed by atoms with Crippen LogP contribution >= 0.6 is 23.2 Å². The van der Waals surface area contributed by atoms with Crippen molar-refractivity contribution in [3.05, 3.63) is 0 Å². The van der Waals surface area contributed by atoms with Gasteiger partial charge >= 0.3 is 0 Å². The van der Waals surface area contributed by atoms with Crippen molar-refractivity contribution >= 4 is 23.2 Å². The molecule has 0 atom stereocenters. The van der Waals surface area contributed by atoms with Gasteiger partial charge in [-0.1, -0.05) is 65.2 Å². The normalized spacial score (nSPS) is 12.0. The van der Waals surface area contributed by atoms with Gasteiger partial charge in [-0.3, -0.25) is 0 Å². The molecule has 0 amide bonds. The molecule has 0 fully saturated rings. The summed E-state index contributed by atoms with van der Waals surface area (Å²) in [7, 11) is 0. The fourth-order valence-electron chi connectivity index (χ4n) is 1.72. The van der Waals surface area contributed by atoms with Crippen molar-refractivity contribution in [1.82, 2.24) is 0 Å². The molecule has 0 aromatic rings. The summed E-state index contributed by atoms with van der Waals surface area (Å²) in [4.78, 5) is 0. The first-order chi connectivity index (χ1) is 7.12. The minimum atomic E-state index is -0.458. The van der Waals surface area contributed by atoms with Crippen molar-refractivity contribution in [1.29, 1.82) is 0 Å². The Balaban J connectivity index is 3.32. The van der Waals surface area contributed by atoms with Crippen molar-refractivity contribution < 1.29 is 0 Å². The molecule has 0 spiro atoms. The summed E-state index contributed by atoms with van der Waals surface area (Å²) in [5, 5.41) is 0. The third kappa shape index (κ3) is 10.9. The van der Waals surface area contributed by atoms with Gasteiger partial charge in [0.25, 0.3) is 0 Å². The molecule has 0 aromatic heterocycles. The van der Waals surface area contributed by atoms with Gasteiger partial charge in [0.1, 0.15) is 4.33 Å². The van der Waals surface area contributed by atoms with Crippen LogP contribution in [0.15, 0.2) is 0 Å². The van der Waals surface area contributed by atoms with Gasteiger partial charge in [0.15, 0.2) is 0 Å². The van der Waals surface area contributed by atoms with Gasteiger partial charge in [0.05, 0.1) is 0 Å². The van der Waals surface area contributed by atoms with Gasteiger partial charge < -0.3 is 0 Å². The van der Waals surface area contributed by atoms with E-state index in [1.54, 1.807) is 0 Å². The minimum Gasteiger partial charge on any atom is -0.102 e. The monoisotopic (exact) mass is 252 g/mol. The Labute approximate surface area is 106 Å². The van der Waals surface area contributed by atoms with Gasteiger partial charge in [-0.15, -0.1) is 23.2 Å². The average molecular weight is 253 g/mol. The topological polar surface area (TPSA) is 0 Å². The molecule has 0 N–H and O–H groups in total. The molecule has 0 unspecified atom stereocenters. The first-order valence-electron chi connectivity index (χ1n) is 6.50. The van der Waals surface area contributed by atoms with Crippen molar-refractivity contribution in [3.8, 4) is 0 Å². The quantitative estimate of drug-likeness (QED) is 0.326. The number of alkyl halides is 2. The molecule has 0 rings (SSSR count). The van der Waals surface area contributed by atoms with Gasteiger partial charge in [-0.05, 0) is 12.8 Å². The maximum absolute atomic E-state index is 6.22. The molecular weight excluding hydrogens is 227 g/mol. The average Bonchev–Trinajstić information content (AvgIpc) is 2.20. The Morgan fingerprint density at radius 3 is 1.73 bits per heavy atom. The summed E-state index contributed by atoms with van der Waals surface area (Å²) in [5.74, 6) is 0. The predicted molar refractivity (Wildman–Crippen MR) is 72.0 cm³/mol. The molecule has 0 aliphatic carbocycles. The fourth-order valence-corrected chi connectivity index (χ4v) is 2.26. The molecule has 2 heteroatoms. The van der Waals surface area contributed by atoms with E-state index in [9.17, 15) is 0 Å². The van der Waals surface area contributed by atoms with Crippen LogP contribution in [0.3, 0.4) is 0 Å². The first kappa shape index (κ1) is 15.6. The Hall–Kier alpha value is 0.580. The van der Waals surface area contributed by atoms with Crippen LogP contribution in [0.5, 0.6) is 0 Å². The SMILES string of the molecule is CCCCCCCCC(Cl)(Cl)CCCC. The van der Waals surface area contributed by atoms with Crippen molar-refractivity contribution in [2.45, 2.75) is 82.4 Å². The highest BCUT2D eigenvalue weighted by Crippen LogP contribution is 2.33. The molecule has 92 valence electrons. The zero-order valence-corrected chi connectivity index (χ0v) is 11.8. The maximum Gasteiger partial charge on any atom is 0.118 e. The molecular formula is C13H26Cl2. The molecule has 0 heterocycles. The number of unbranched alkanes of at least 4 members (excludes halogenated alkanes) is 6. The van der Waals surface area contributed by atoms with Crippen LogP contribution in [0, 0.1) is 0 Å². The van der Waals surface area contributed by atoms with E-state index in [1.807, 2.05) is 0 Å². The lowest BCUT2D eigenvalue weighted by molar-refractivity contribution is 0.534. The lowest BCUT2D eigenvalue weighted by Crippen LogP contribution is -2.12. The summed E-state index contributed by atoms with van der Waals surface area (Å²) in [5.41, 5.74) is 0. The molecule has 0 saturated carbocycles. The number of hydrogen-bond acceptors (Lipinski definition) is 0. The van der Waals surface area contributed by atoms with Crippen molar-refractivity contribution in [3.63, 3.8) is 0 Å². The fraction of sp³-hybridized carbons (Fsp3) is 1.00. The van der Waals surface area contributed by atoms with E-state index in [0.29, 0.717) is 0 Å². The lowest BCUT2D eigenvalue weighted by atomic mass is 10.1. The summed E-state index contributed by atoms with van der Waals surface area (Å²) in [6, 6.07) is 0. The highest BCUT2D eigenvalue weighted by Gasteiger charge is 2.21. The third-order valence-corrected chi connectivity index (χ3v) is 3.55. The van der Waals surface area contributed by atoms with E-state index in [-0.39, 0.29) is 0 Å². The Kier molecular flexibility index (Phi) is 10.2. The zero-order valence-electron chi connectivity index (χ0n) is 10.3. The van der Waals surface area contributed by atoms with Crippen molar-refractivity contribution in [2.75, 3.05) is 0 Å². The summed E-state index contributed by atoms with van der Waals surface area (Å²) >= 11 is 12.4. The van der Waals surface area contributed by atoms with Gasteiger partial charge in [-0.25, -0.2) is 0 Å². The number of rotatable bonds is 10. The molecule has 0 aliphatic heterocycles. The minimum absolute atomic E-state index is 0.458. The second-order valence-electron chi connectivity index (χ2n) is 4.48. The van der Waals surface area contributed by atoms with Crippen LogP contribution in [0.1, 0.15) is 78.1 Å². The summed E-state index contributed by atoms with van der Waals surface area (Å²) in [6.07, 6.45) is 12.1. The molecule has 0 aromatic carbocycles. The molecule has 15 heavy (non-hydrogen) atoms. The van der Waals surface area contributed by atoms with Crippen molar-refractivity contribution in [2.24, 2.45) is 0 Å². The van der Waals surface area contributed by atoms with E-state index in [1.165, 1.54) is 44.9 Å². The van der Waals surface area contributed by atoms with E-state index >= 15 is 0 Å². The van der Waals surface area contributed by atoms with E-state index < -0.39 is 4.33 Å². The van der Waals surface area contributed by atoms with E-state index in [2.05, 4.69) is 13.8 Å². The summed E-state index contributed by atoms with van der Waals surface area (Å²) < 4.78 is -0.458. The molecule has 0 saturated heterocycles. The Morgan fingerprint density at radius 2 is 1.13 bits per heavy atom. The first-order valence-corrected chi connectivity index (χ1v) is 7.26. The largest absolute Gasteiger partial charge is 0.118 e. The van der Waals surface area contributed by atoms with Gasteiger partial charge in [-0.2, -0.15) is 0 Å². The van der Waals surface area contributed by atoms with Crippen LogP contribution in [-0.4, -0.2) is 4.33 Å². The van der Waals surface area contributed by atoms with E-state index in [4.69, 9.17) is 23.2 Å². The zero-order chi connectivity index (χ0) is 11.6. The predicted octanol–water partition coefficient (Wildman–Crippen LogP) is 6.10. The number of halogens is 2. The van der Waals surface area contributed by atoms with Crippen LogP contribution < -0.4 is 0 Å². The van der Waals surface area contributed by atoms with Gasteiger partial charge in [0, 0.05) is 0 Å². The van der Waals surface area contributed by atoms with Crippen LogP contribution in [0.4, 0.5) is 0 Å². The van der Waals surface area contributed by atoms with Crippen LogP contribution in [0.25, 0.3) is 0 Å². The molecule has 0 nitrogen and oxygen atoms in total. The highest BCUT2D eigenvalue weighted by atomic mass is 35.5. The smallest absolute Gasteiger partial charge is 0.102 e. The second-order valence-corrected chi connectivity index (χ2v) is 6.12. The Bertz CT molecular complexity index is 132. The maximum atomic E-state index is 6.22. The highest BCUT2D eigenvalue weighted by molar-refractivity contribution is 6.48. The Morgan fingerprint density at radius 1 is 0.667 bits per heavy atom. The molecule has 0 bridgehead atoms. The summed E-state index contributed by atoms with van der Waals surface area (Å²) in [6.45, 7) is 4.42. The third-order valence-electron chi connectivity index (χ3n) is 2.79. The van der Waals surface area contributed by atoms with E-state index in [0.717, 1.165) is 19.3 Å². The standard InChI is InChI=1S/C13H26Cl2/c1-3-5-7-8-9-10-12-13(14,15)11-6-4-2/h3-12H2,1-2H3. The second kappa shape index (κ2) is 9.78. The molecule has 0 aliphatic rings.